The van der Waals surface area contributed by atoms with Crippen molar-refractivity contribution in [2.45, 2.75) is 70.5 Å². The maximum Gasteiger partial charge on any atom is 0.118 e. The summed E-state index contributed by atoms with van der Waals surface area (Å²) in [6.07, 6.45) is 11.3. The zero-order chi connectivity index (χ0) is 17.7. The van der Waals surface area contributed by atoms with Crippen molar-refractivity contribution in [3.63, 3.8) is 0 Å². The van der Waals surface area contributed by atoms with Crippen LogP contribution < -0.4 is 4.74 Å². The molecule has 1 aromatic carbocycles. The summed E-state index contributed by atoms with van der Waals surface area (Å²) in [5.74, 6) is 0.832. The summed E-state index contributed by atoms with van der Waals surface area (Å²) in [5.41, 5.74) is 0.429. The van der Waals surface area contributed by atoms with Crippen molar-refractivity contribution in [2.24, 2.45) is 0 Å². The Morgan fingerprint density at radius 1 is 1.04 bits per heavy atom. The molecule has 0 saturated heterocycles. The lowest BCUT2D eigenvalue weighted by Gasteiger charge is -2.29. The number of unbranched alkanes of at least 4 members (excludes halogenated alkanes) is 6. The molecule has 0 fully saturated rings. The first-order valence-corrected chi connectivity index (χ1v) is 9.21. The molecular weight excluding hydrogens is 300 g/mol. The van der Waals surface area contributed by atoms with E-state index in [1.54, 1.807) is 13.2 Å². The number of ether oxygens (including phenoxy) is 2. The molecule has 136 valence electrons. The minimum absolute atomic E-state index is 0.0253. The number of benzene rings is 1. The summed E-state index contributed by atoms with van der Waals surface area (Å²) in [5, 5.41) is 9.79. The van der Waals surface area contributed by atoms with E-state index < -0.39 is 5.60 Å². The van der Waals surface area contributed by atoms with Crippen molar-refractivity contribution in [3.05, 3.63) is 42.5 Å². The fraction of sp³-hybridized carbons (Fsp3) is 0.619. The Bertz CT molecular complexity index is 441. The Kier molecular flexibility index (Phi) is 10.4. The van der Waals surface area contributed by atoms with E-state index in [-0.39, 0.29) is 6.61 Å². The third-order valence-corrected chi connectivity index (χ3v) is 4.53. The number of hydrogen-bond acceptors (Lipinski definition) is 3. The molecular formula is C21H34O3. The van der Waals surface area contributed by atoms with Crippen molar-refractivity contribution >= 4 is 0 Å². The van der Waals surface area contributed by atoms with Crippen LogP contribution in [0.3, 0.4) is 0 Å². The molecule has 3 nitrogen and oxygen atoms in total. The molecule has 0 amide bonds. The first-order chi connectivity index (χ1) is 11.7. The predicted octanol–water partition coefficient (Wildman–Crippen LogP) is 5.27. The Morgan fingerprint density at radius 3 is 2.21 bits per heavy atom. The van der Waals surface area contributed by atoms with Crippen molar-refractivity contribution in [3.8, 4) is 5.75 Å². The van der Waals surface area contributed by atoms with Gasteiger partial charge in [-0.1, -0.05) is 70.1 Å². The highest BCUT2D eigenvalue weighted by Crippen LogP contribution is 2.24. The van der Waals surface area contributed by atoms with Gasteiger partial charge in [0.25, 0.3) is 0 Å². The van der Waals surface area contributed by atoms with E-state index in [0.29, 0.717) is 6.61 Å². The second-order valence-corrected chi connectivity index (χ2v) is 6.44. The molecule has 1 N–H and O–H groups in total. The average Bonchev–Trinajstić information content (AvgIpc) is 2.64. The number of aliphatic hydroxyl groups excluding tert-OH is 1. The maximum atomic E-state index is 9.79. The lowest BCUT2D eigenvalue weighted by Crippen LogP contribution is -2.34. The minimum atomic E-state index is -0.636. The summed E-state index contributed by atoms with van der Waals surface area (Å²) < 4.78 is 11.2. The second-order valence-electron chi connectivity index (χ2n) is 6.44. The molecule has 3 heteroatoms. The van der Waals surface area contributed by atoms with Crippen LogP contribution in [-0.4, -0.2) is 24.4 Å². The molecule has 0 aliphatic carbocycles. The molecule has 0 unspecified atom stereocenters. The monoisotopic (exact) mass is 334 g/mol. The fourth-order valence-electron chi connectivity index (χ4n) is 2.75. The van der Waals surface area contributed by atoms with E-state index in [0.717, 1.165) is 24.2 Å². The van der Waals surface area contributed by atoms with Gasteiger partial charge in [0.05, 0.1) is 20.3 Å². The van der Waals surface area contributed by atoms with Crippen LogP contribution in [-0.2, 0) is 11.3 Å². The zero-order valence-electron chi connectivity index (χ0n) is 15.4. The number of rotatable bonds is 14. The van der Waals surface area contributed by atoms with Crippen molar-refractivity contribution in [2.75, 3.05) is 13.7 Å². The molecule has 0 aliphatic rings. The third kappa shape index (κ3) is 7.50. The van der Waals surface area contributed by atoms with Crippen LogP contribution in [0, 0.1) is 0 Å². The molecule has 0 bridgehead atoms. The van der Waals surface area contributed by atoms with Gasteiger partial charge >= 0.3 is 0 Å². The van der Waals surface area contributed by atoms with E-state index >= 15 is 0 Å². The van der Waals surface area contributed by atoms with Gasteiger partial charge in [0, 0.05) is 0 Å². The standard InChI is InChI=1S/C21H34O3/c1-4-6-7-8-9-10-11-16-21(5-2,18-22)24-17-19-12-14-20(23-3)15-13-19/h5,12-15,22H,2,4,6-11,16-18H2,1,3H3/t21-/m1/s1. The first kappa shape index (κ1) is 20.7. The quantitative estimate of drug-likeness (QED) is 0.372. The maximum absolute atomic E-state index is 9.79. The molecule has 0 aliphatic heterocycles. The highest BCUT2D eigenvalue weighted by molar-refractivity contribution is 5.26. The Hall–Kier alpha value is -1.32. The normalized spacial score (nSPS) is 13.5. The van der Waals surface area contributed by atoms with Gasteiger partial charge in [-0.05, 0) is 24.1 Å². The van der Waals surface area contributed by atoms with Crippen molar-refractivity contribution < 1.29 is 14.6 Å². The molecule has 0 heterocycles. The molecule has 0 aromatic heterocycles. The molecule has 0 saturated carbocycles. The third-order valence-electron chi connectivity index (χ3n) is 4.53. The zero-order valence-corrected chi connectivity index (χ0v) is 15.4. The number of methoxy groups -OCH3 is 1. The van der Waals surface area contributed by atoms with Crippen LogP contribution in [0.5, 0.6) is 5.75 Å². The Labute approximate surface area is 147 Å². The van der Waals surface area contributed by atoms with E-state index in [1.165, 1.54) is 38.5 Å². The summed E-state index contributed by atoms with van der Waals surface area (Å²) >= 11 is 0. The van der Waals surface area contributed by atoms with Crippen LogP contribution in [0.25, 0.3) is 0 Å². The first-order valence-electron chi connectivity index (χ1n) is 9.21. The molecule has 24 heavy (non-hydrogen) atoms. The van der Waals surface area contributed by atoms with Crippen molar-refractivity contribution in [1.29, 1.82) is 0 Å². The second kappa shape index (κ2) is 12.1. The topological polar surface area (TPSA) is 38.7 Å². The van der Waals surface area contributed by atoms with Gasteiger partial charge in [-0.2, -0.15) is 0 Å². The number of aliphatic hydroxyl groups is 1. The molecule has 1 atom stereocenters. The van der Waals surface area contributed by atoms with Gasteiger partial charge in [0.15, 0.2) is 0 Å². The average molecular weight is 334 g/mol. The highest BCUT2D eigenvalue weighted by Gasteiger charge is 2.26. The van der Waals surface area contributed by atoms with Gasteiger partial charge in [-0.15, -0.1) is 6.58 Å². The molecule has 1 aromatic rings. The van der Waals surface area contributed by atoms with Gasteiger partial charge < -0.3 is 14.6 Å². The summed E-state index contributed by atoms with van der Waals surface area (Å²) in [7, 11) is 1.66. The predicted molar refractivity (Wildman–Crippen MR) is 100 cm³/mol. The lowest BCUT2D eigenvalue weighted by molar-refractivity contribution is -0.0613. The van der Waals surface area contributed by atoms with E-state index in [9.17, 15) is 5.11 Å². The van der Waals surface area contributed by atoms with Gasteiger partial charge in [-0.25, -0.2) is 0 Å². The summed E-state index contributed by atoms with van der Waals surface area (Å²) in [6, 6.07) is 7.81. The summed E-state index contributed by atoms with van der Waals surface area (Å²) in [4.78, 5) is 0. The Morgan fingerprint density at radius 2 is 1.67 bits per heavy atom. The summed E-state index contributed by atoms with van der Waals surface area (Å²) in [6.45, 7) is 6.55. The molecule has 0 radical (unpaired) electrons. The smallest absolute Gasteiger partial charge is 0.118 e. The minimum Gasteiger partial charge on any atom is -0.497 e. The van der Waals surface area contributed by atoms with Gasteiger partial charge in [0.1, 0.15) is 11.4 Å². The Balaban J connectivity index is 2.38. The largest absolute Gasteiger partial charge is 0.497 e. The highest BCUT2D eigenvalue weighted by atomic mass is 16.5. The van der Waals surface area contributed by atoms with Crippen LogP contribution in [0.1, 0.15) is 63.9 Å². The van der Waals surface area contributed by atoms with Crippen LogP contribution in [0.2, 0.25) is 0 Å². The van der Waals surface area contributed by atoms with Crippen LogP contribution in [0.15, 0.2) is 36.9 Å². The molecule has 1 rings (SSSR count). The van der Waals surface area contributed by atoms with Crippen LogP contribution >= 0.6 is 0 Å². The molecule has 0 spiro atoms. The van der Waals surface area contributed by atoms with E-state index in [4.69, 9.17) is 9.47 Å². The fourth-order valence-corrected chi connectivity index (χ4v) is 2.75. The number of hydrogen-bond donors (Lipinski definition) is 1. The lowest BCUT2D eigenvalue weighted by atomic mass is 9.96. The SMILES string of the molecule is C=C[C@](CO)(CCCCCCCCC)OCc1ccc(OC)cc1. The van der Waals surface area contributed by atoms with Crippen LogP contribution in [0.4, 0.5) is 0 Å². The van der Waals surface area contributed by atoms with E-state index in [2.05, 4.69) is 13.5 Å². The van der Waals surface area contributed by atoms with Gasteiger partial charge in [-0.3, -0.25) is 0 Å². The van der Waals surface area contributed by atoms with E-state index in [1.807, 2.05) is 24.3 Å². The van der Waals surface area contributed by atoms with Crippen molar-refractivity contribution in [1.82, 2.24) is 0 Å². The van der Waals surface area contributed by atoms with Gasteiger partial charge in [0.2, 0.25) is 0 Å².